The van der Waals surface area contributed by atoms with Crippen LogP contribution in [0.4, 0.5) is 0 Å². The van der Waals surface area contributed by atoms with Gasteiger partial charge in [-0.05, 0) is 13.8 Å². The lowest BCUT2D eigenvalue weighted by atomic mass is 10.2. The van der Waals surface area contributed by atoms with E-state index >= 15 is 0 Å². The van der Waals surface area contributed by atoms with Crippen LogP contribution in [-0.4, -0.2) is 46.8 Å². The Kier molecular flexibility index (Phi) is 4.88. The molecule has 0 spiro atoms. The molecule has 1 aromatic heterocycles. The number of nitrogens with zero attached hydrogens (tertiary/aromatic N) is 3. The van der Waals surface area contributed by atoms with Crippen LogP contribution in [0.15, 0.2) is 6.20 Å². The van der Waals surface area contributed by atoms with Crippen LogP contribution in [0.2, 0.25) is 0 Å². The quantitative estimate of drug-likeness (QED) is 0.726. The number of hydrogen-bond donors (Lipinski definition) is 0. The Balaban J connectivity index is 2.57. The molecule has 1 amide bonds. The van der Waals surface area contributed by atoms with Gasteiger partial charge in [0, 0.05) is 26.8 Å². The molecule has 100 valence electrons. The zero-order valence-electron chi connectivity index (χ0n) is 11.3. The smallest absolute Gasteiger partial charge is 0.307 e. The summed E-state index contributed by atoms with van der Waals surface area (Å²) in [4.78, 5) is 24.8. The van der Waals surface area contributed by atoms with E-state index in [1.807, 2.05) is 0 Å². The number of hydrogen-bond acceptors (Lipinski definition) is 4. The van der Waals surface area contributed by atoms with Gasteiger partial charge >= 0.3 is 5.97 Å². The van der Waals surface area contributed by atoms with Gasteiger partial charge in [-0.15, -0.1) is 0 Å². The molecule has 1 rings (SSSR count). The molecular formula is C12H19N3O3. The number of amides is 1. The summed E-state index contributed by atoms with van der Waals surface area (Å²) in [6, 6.07) is 0. The predicted octanol–water partition coefficient (Wildman–Crippen LogP) is 0.754. The predicted molar refractivity (Wildman–Crippen MR) is 66.2 cm³/mol. The van der Waals surface area contributed by atoms with E-state index in [-0.39, 0.29) is 18.3 Å². The molecule has 0 aliphatic rings. The number of rotatable bonds is 5. The van der Waals surface area contributed by atoms with E-state index in [1.165, 1.54) is 4.90 Å². The van der Waals surface area contributed by atoms with E-state index in [4.69, 9.17) is 4.74 Å². The summed E-state index contributed by atoms with van der Waals surface area (Å²) in [6.07, 6.45) is 1.88. The van der Waals surface area contributed by atoms with Crippen molar-refractivity contribution in [1.82, 2.24) is 14.7 Å². The van der Waals surface area contributed by atoms with E-state index in [0.717, 1.165) is 0 Å². The summed E-state index contributed by atoms with van der Waals surface area (Å²) in [7, 11) is 3.43. The Morgan fingerprint density at radius 3 is 2.67 bits per heavy atom. The van der Waals surface area contributed by atoms with Gasteiger partial charge in [-0.3, -0.25) is 14.3 Å². The van der Waals surface area contributed by atoms with Crippen LogP contribution in [0.25, 0.3) is 0 Å². The molecule has 0 unspecified atom stereocenters. The van der Waals surface area contributed by atoms with Crippen LogP contribution in [0.1, 0.15) is 29.4 Å². The van der Waals surface area contributed by atoms with Gasteiger partial charge < -0.3 is 9.64 Å². The first-order valence-corrected chi connectivity index (χ1v) is 5.87. The molecule has 1 heterocycles. The second kappa shape index (κ2) is 6.18. The van der Waals surface area contributed by atoms with Gasteiger partial charge in [-0.2, -0.15) is 5.10 Å². The number of aryl methyl sites for hydroxylation is 2. The largest absolute Gasteiger partial charge is 0.466 e. The van der Waals surface area contributed by atoms with Crippen LogP contribution in [0, 0.1) is 6.92 Å². The fourth-order valence-corrected chi connectivity index (χ4v) is 1.61. The van der Waals surface area contributed by atoms with E-state index in [1.54, 1.807) is 38.8 Å². The van der Waals surface area contributed by atoms with Crippen molar-refractivity contribution in [3.8, 4) is 0 Å². The number of carbonyl (C=O) groups is 2. The normalized spacial score (nSPS) is 10.2. The lowest BCUT2D eigenvalue weighted by molar-refractivity contribution is -0.143. The molecule has 0 N–H and O–H groups in total. The van der Waals surface area contributed by atoms with E-state index in [9.17, 15) is 9.59 Å². The van der Waals surface area contributed by atoms with Gasteiger partial charge in [0.25, 0.3) is 5.91 Å². The molecule has 0 aromatic carbocycles. The summed E-state index contributed by atoms with van der Waals surface area (Å²) in [5, 5.41) is 4.12. The first-order valence-electron chi connectivity index (χ1n) is 5.87. The second-order valence-corrected chi connectivity index (χ2v) is 4.08. The first-order chi connectivity index (χ1) is 8.45. The van der Waals surface area contributed by atoms with Crippen LogP contribution >= 0.6 is 0 Å². The van der Waals surface area contributed by atoms with Gasteiger partial charge in [0.2, 0.25) is 0 Å². The monoisotopic (exact) mass is 253 g/mol. The number of aromatic nitrogens is 2. The van der Waals surface area contributed by atoms with E-state index < -0.39 is 0 Å². The first kappa shape index (κ1) is 14.2. The van der Waals surface area contributed by atoms with E-state index in [2.05, 4.69) is 5.10 Å². The minimum atomic E-state index is -0.292. The van der Waals surface area contributed by atoms with Crippen molar-refractivity contribution >= 4 is 11.9 Å². The zero-order chi connectivity index (χ0) is 13.7. The van der Waals surface area contributed by atoms with Gasteiger partial charge in [0.05, 0.1) is 24.3 Å². The third kappa shape index (κ3) is 3.58. The fraction of sp³-hybridized carbons (Fsp3) is 0.583. The molecule has 0 saturated heterocycles. The third-order valence-electron chi connectivity index (χ3n) is 2.55. The topological polar surface area (TPSA) is 64.4 Å². The lowest BCUT2D eigenvalue weighted by Gasteiger charge is -2.15. The fourth-order valence-electron chi connectivity index (χ4n) is 1.61. The minimum absolute atomic E-state index is 0.134. The Hall–Kier alpha value is -1.85. The number of esters is 1. The Labute approximate surface area is 107 Å². The summed E-state index contributed by atoms with van der Waals surface area (Å²) < 4.78 is 6.41. The highest BCUT2D eigenvalue weighted by Gasteiger charge is 2.17. The number of carbonyl (C=O) groups excluding carboxylic acids is 2. The third-order valence-corrected chi connectivity index (χ3v) is 2.55. The van der Waals surface area contributed by atoms with Crippen molar-refractivity contribution in [2.24, 2.45) is 7.05 Å². The molecule has 0 fully saturated rings. The molecule has 0 aliphatic carbocycles. The van der Waals surface area contributed by atoms with Crippen molar-refractivity contribution in [2.45, 2.75) is 20.3 Å². The van der Waals surface area contributed by atoms with Crippen molar-refractivity contribution in [2.75, 3.05) is 20.2 Å². The molecule has 0 saturated carbocycles. The van der Waals surface area contributed by atoms with Crippen molar-refractivity contribution in [1.29, 1.82) is 0 Å². The van der Waals surface area contributed by atoms with Crippen molar-refractivity contribution in [3.05, 3.63) is 17.5 Å². The highest BCUT2D eigenvalue weighted by Crippen LogP contribution is 2.08. The molecule has 6 nitrogen and oxygen atoms in total. The van der Waals surface area contributed by atoms with Gasteiger partial charge in [-0.1, -0.05) is 0 Å². The molecule has 18 heavy (non-hydrogen) atoms. The molecular weight excluding hydrogens is 234 g/mol. The molecule has 0 bridgehead atoms. The maximum Gasteiger partial charge on any atom is 0.307 e. The molecule has 0 atom stereocenters. The standard InChI is InChI=1S/C12H19N3O3/c1-5-18-11(16)6-7-14(3)12(17)10-8-15(4)13-9(10)2/h8H,5-7H2,1-4H3. The molecule has 1 aromatic rings. The summed E-state index contributed by atoms with van der Waals surface area (Å²) in [5.41, 5.74) is 1.24. The van der Waals surface area contributed by atoms with Crippen LogP contribution in [-0.2, 0) is 16.6 Å². The van der Waals surface area contributed by atoms with Crippen LogP contribution < -0.4 is 0 Å². The molecule has 0 aliphatic heterocycles. The number of ether oxygens (including phenoxy) is 1. The Bertz CT molecular complexity index is 440. The summed E-state index contributed by atoms with van der Waals surface area (Å²) >= 11 is 0. The van der Waals surface area contributed by atoms with Crippen LogP contribution in [0.3, 0.4) is 0 Å². The lowest BCUT2D eigenvalue weighted by Crippen LogP contribution is -2.29. The van der Waals surface area contributed by atoms with Crippen molar-refractivity contribution in [3.63, 3.8) is 0 Å². The highest BCUT2D eigenvalue weighted by atomic mass is 16.5. The Morgan fingerprint density at radius 1 is 1.50 bits per heavy atom. The van der Waals surface area contributed by atoms with Gasteiger partial charge in [0.15, 0.2) is 0 Å². The zero-order valence-corrected chi connectivity index (χ0v) is 11.3. The summed E-state index contributed by atoms with van der Waals surface area (Å²) in [5.74, 6) is -0.426. The van der Waals surface area contributed by atoms with Gasteiger partial charge in [-0.25, -0.2) is 0 Å². The SMILES string of the molecule is CCOC(=O)CCN(C)C(=O)c1cn(C)nc1C. The second-order valence-electron chi connectivity index (χ2n) is 4.08. The molecule has 6 heteroatoms. The average molecular weight is 253 g/mol. The molecule has 0 radical (unpaired) electrons. The highest BCUT2D eigenvalue weighted by molar-refractivity contribution is 5.95. The van der Waals surface area contributed by atoms with Crippen molar-refractivity contribution < 1.29 is 14.3 Å². The Morgan fingerprint density at radius 2 is 2.17 bits per heavy atom. The maximum atomic E-state index is 12.1. The van der Waals surface area contributed by atoms with Gasteiger partial charge in [0.1, 0.15) is 0 Å². The van der Waals surface area contributed by atoms with E-state index in [0.29, 0.717) is 24.4 Å². The minimum Gasteiger partial charge on any atom is -0.466 e. The summed E-state index contributed by atoms with van der Waals surface area (Å²) in [6.45, 7) is 4.24. The van der Waals surface area contributed by atoms with Crippen LogP contribution in [0.5, 0.6) is 0 Å². The maximum absolute atomic E-state index is 12.1. The average Bonchev–Trinajstić information content (AvgIpc) is 2.64.